The molecule has 2 aromatic rings. The van der Waals surface area contributed by atoms with Gasteiger partial charge in [-0.1, -0.05) is 6.07 Å². The van der Waals surface area contributed by atoms with E-state index in [4.69, 9.17) is 4.74 Å². The van der Waals surface area contributed by atoms with Crippen LogP contribution in [-0.2, 0) is 0 Å². The smallest absolute Gasteiger partial charge is 0.255 e. The molecule has 102 valence electrons. The summed E-state index contributed by atoms with van der Waals surface area (Å²) in [4.78, 5) is 12.0. The van der Waals surface area contributed by atoms with Crippen molar-refractivity contribution < 1.29 is 9.84 Å². The van der Waals surface area contributed by atoms with Gasteiger partial charge < -0.3 is 9.84 Å². The van der Waals surface area contributed by atoms with Crippen molar-refractivity contribution in [2.24, 2.45) is 0 Å². The maximum Gasteiger partial charge on any atom is 0.255 e. The number of pyridine rings is 1. The lowest BCUT2D eigenvalue weighted by Crippen LogP contribution is -2.31. The van der Waals surface area contributed by atoms with Crippen molar-refractivity contribution in [2.45, 2.75) is 19.4 Å². The summed E-state index contributed by atoms with van der Waals surface area (Å²) in [5, 5.41) is 9.68. The number of benzene rings is 1. The van der Waals surface area contributed by atoms with Gasteiger partial charge in [0.15, 0.2) is 0 Å². The molecule has 0 saturated heterocycles. The molecule has 4 heteroatoms. The van der Waals surface area contributed by atoms with Crippen molar-refractivity contribution >= 4 is 5.70 Å². The fourth-order valence-corrected chi connectivity index (χ4v) is 2.35. The van der Waals surface area contributed by atoms with Crippen molar-refractivity contribution in [3.8, 4) is 11.5 Å². The molecule has 0 bridgehead atoms. The lowest BCUT2D eigenvalue weighted by Gasteiger charge is -2.31. The second-order valence-corrected chi connectivity index (χ2v) is 5.32. The van der Waals surface area contributed by atoms with Crippen LogP contribution in [0.5, 0.6) is 11.5 Å². The predicted molar refractivity (Wildman–Crippen MR) is 76.9 cm³/mol. The number of nitrogens with zero attached hydrogens (tertiary/aromatic N) is 1. The standard InChI is InChI=1S/C16H15NO3/c1-16(2)10-13(17-8-4-3-5-15(17)19)12-9-11(18)6-7-14(12)20-16/h3-10,18H,1-2H3. The van der Waals surface area contributed by atoms with Crippen LogP contribution in [0.25, 0.3) is 5.70 Å². The molecule has 0 fully saturated rings. The molecular formula is C16H15NO3. The lowest BCUT2D eigenvalue weighted by atomic mass is 9.98. The van der Waals surface area contributed by atoms with Gasteiger partial charge in [0.2, 0.25) is 0 Å². The fraction of sp³-hybridized carbons (Fsp3) is 0.188. The van der Waals surface area contributed by atoms with Crippen molar-refractivity contribution in [1.29, 1.82) is 0 Å². The topological polar surface area (TPSA) is 51.5 Å². The number of aromatic hydroxyl groups is 1. The summed E-state index contributed by atoms with van der Waals surface area (Å²) < 4.78 is 7.42. The molecule has 1 aromatic heterocycles. The summed E-state index contributed by atoms with van der Waals surface area (Å²) in [5.41, 5.74) is 0.787. The zero-order valence-electron chi connectivity index (χ0n) is 11.3. The van der Waals surface area contributed by atoms with Gasteiger partial charge in [0, 0.05) is 17.8 Å². The first-order chi connectivity index (χ1) is 9.46. The Hall–Kier alpha value is -2.49. The molecule has 0 radical (unpaired) electrons. The molecule has 0 spiro atoms. The fourth-order valence-electron chi connectivity index (χ4n) is 2.35. The molecule has 1 aromatic carbocycles. The summed E-state index contributed by atoms with van der Waals surface area (Å²) in [5.74, 6) is 0.794. The van der Waals surface area contributed by atoms with E-state index >= 15 is 0 Å². The summed E-state index contributed by atoms with van der Waals surface area (Å²) in [6, 6.07) is 9.90. The predicted octanol–water partition coefficient (Wildman–Crippen LogP) is 2.61. The summed E-state index contributed by atoms with van der Waals surface area (Å²) in [7, 11) is 0. The Bertz CT molecular complexity index is 756. The Morgan fingerprint density at radius 2 is 2.00 bits per heavy atom. The SMILES string of the molecule is CC1(C)C=C(n2ccccc2=O)c2cc(O)ccc2O1. The van der Waals surface area contributed by atoms with Gasteiger partial charge in [-0.05, 0) is 44.2 Å². The average molecular weight is 269 g/mol. The summed E-state index contributed by atoms with van der Waals surface area (Å²) in [6.07, 6.45) is 3.60. The van der Waals surface area contributed by atoms with Gasteiger partial charge in [0.25, 0.3) is 5.56 Å². The molecule has 3 rings (SSSR count). The van der Waals surface area contributed by atoms with Crippen LogP contribution in [0.2, 0.25) is 0 Å². The molecule has 4 nitrogen and oxygen atoms in total. The van der Waals surface area contributed by atoms with Gasteiger partial charge in [-0.15, -0.1) is 0 Å². The minimum atomic E-state index is -0.519. The third kappa shape index (κ3) is 2.09. The number of hydrogen-bond acceptors (Lipinski definition) is 3. The van der Waals surface area contributed by atoms with Crippen LogP contribution in [-0.4, -0.2) is 15.3 Å². The number of fused-ring (bicyclic) bond motifs is 1. The summed E-state index contributed by atoms with van der Waals surface area (Å²) >= 11 is 0. The molecular weight excluding hydrogens is 254 g/mol. The number of phenolic OH excluding ortho intramolecular Hbond substituents is 1. The van der Waals surface area contributed by atoms with Crippen LogP contribution < -0.4 is 10.3 Å². The van der Waals surface area contributed by atoms with Gasteiger partial charge in [-0.25, -0.2) is 0 Å². The molecule has 1 N–H and O–H groups in total. The first-order valence-electron chi connectivity index (χ1n) is 6.40. The van der Waals surface area contributed by atoms with E-state index in [1.807, 2.05) is 19.9 Å². The van der Waals surface area contributed by atoms with E-state index in [-0.39, 0.29) is 11.3 Å². The van der Waals surface area contributed by atoms with Crippen LogP contribution in [0.15, 0.2) is 53.5 Å². The molecule has 2 heterocycles. The van der Waals surface area contributed by atoms with E-state index in [1.165, 1.54) is 6.07 Å². The van der Waals surface area contributed by atoms with E-state index in [9.17, 15) is 9.90 Å². The van der Waals surface area contributed by atoms with Gasteiger partial charge in [0.05, 0.1) is 5.70 Å². The van der Waals surface area contributed by atoms with E-state index in [0.29, 0.717) is 11.3 Å². The molecule has 0 saturated carbocycles. The first-order valence-corrected chi connectivity index (χ1v) is 6.40. The maximum atomic E-state index is 12.0. The minimum absolute atomic E-state index is 0.120. The third-order valence-corrected chi connectivity index (χ3v) is 3.18. The lowest BCUT2D eigenvalue weighted by molar-refractivity contribution is 0.157. The van der Waals surface area contributed by atoms with E-state index < -0.39 is 5.60 Å². The molecule has 1 aliphatic heterocycles. The van der Waals surface area contributed by atoms with Crippen LogP contribution >= 0.6 is 0 Å². The molecule has 1 aliphatic rings. The van der Waals surface area contributed by atoms with Gasteiger partial charge in [-0.2, -0.15) is 0 Å². The normalized spacial score (nSPS) is 16.0. The van der Waals surface area contributed by atoms with Crippen molar-refractivity contribution in [1.82, 2.24) is 4.57 Å². The quantitative estimate of drug-likeness (QED) is 0.865. The van der Waals surface area contributed by atoms with Gasteiger partial charge in [-0.3, -0.25) is 9.36 Å². The molecule has 0 unspecified atom stereocenters. The van der Waals surface area contributed by atoms with Crippen molar-refractivity contribution in [3.05, 3.63) is 64.6 Å². The number of ether oxygens (including phenoxy) is 1. The largest absolute Gasteiger partial charge is 0.508 e. The molecule has 0 amide bonds. The second-order valence-electron chi connectivity index (χ2n) is 5.32. The maximum absolute atomic E-state index is 12.0. The highest BCUT2D eigenvalue weighted by Gasteiger charge is 2.27. The number of hydrogen-bond donors (Lipinski definition) is 1. The van der Waals surface area contributed by atoms with E-state index in [0.717, 1.165) is 5.70 Å². The Kier molecular flexibility index (Phi) is 2.67. The zero-order valence-corrected chi connectivity index (χ0v) is 11.3. The minimum Gasteiger partial charge on any atom is -0.508 e. The van der Waals surface area contributed by atoms with Gasteiger partial charge >= 0.3 is 0 Å². The third-order valence-electron chi connectivity index (χ3n) is 3.18. The first kappa shape index (κ1) is 12.5. The van der Waals surface area contributed by atoms with Crippen LogP contribution in [0, 0.1) is 0 Å². The van der Waals surface area contributed by atoms with Crippen LogP contribution in [0.4, 0.5) is 0 Å². The Balaban J connectivity index is 2.28. The Morgan fingerprint density at radius 3 is 2.75 bits per heavy atom. The Morgan fingerprint density at radius 1 is 1.20 bits per heavy atom. The average Bonchev–Trinajstić information content (AvgIpc) is 2.38. The van der Waals surface area contributed by atoms with Crippen LogP contribution in [0.1, 0.15) is 19.4 Å². The number of aromatic nitrogens is 1. The van der Waals surface area contributed by atoms with Crippen LogP contribution in [0.3, 0.4) is 0 Å². The second kappa shape index (κ2) is 4.27. The highest BCUT2D eigenvalue weighted by Crippen LogP contribution is 2.37. The van der Waals surface area contributed by atoms with Gasteiger partial charge in [0.1, 0.15) is 17.1 Å². The number of phenols is 1. The zero-order chi connectivity index (χ0) is 14.3. The van der Waals surface area contributed by atoms with Crippen molar-refractivity contribution in [3.63, 3.8) is 0 Å². The summed E-state index contributed by atoms with van der Waals surface area (Å²) in [6.45, 7) is 3.85. The molecule has 0 aliphatic carbocycles. The molecule has 0 atom stereocenters. The van der Waals surface area contributed by atoms with E-state index in [1.54, 1.807) is 41.1 Å². The monoisotopic (exact) mass is 269 g/mol. The highest BCUT2D eigenvalue weighted by molar-refractivity contribution is 5.74. The Labute approximate surface area is 116 Å². The highest BCUT2D eigenvalue weighted by atomic mass is 16.5. The number of rotatable bonds is 1. The molecule has 20 heavy (non-hydrogen) atoms. The van der Waals surface area contributed by atoms with E-state index in [2.05, 4.69) is 0 Å². The van der Waals surface area contributed by atoms with Crippen molar-refractivity contribution in [2.75, 3.05) is 0 Å².